The summed E-state index contributed by atoms with van der Waals surface area (Å²) in [6, 6.07) is 5.15. The van der Waals surface area contributed by atoms with E-state index < -0.39 is 27.4 Å². The fraction of sp³-hybridized carbons (Fsp3) is 0.250. The van der Waals surface area contributed by atoms with Gasteiger partial charge in [-0.3, -0.25) is 0 Å². The number of ether oxygens (including phenoxy) is 2. The Kier molecular flexibility index (Phi) is 5.42. The first kappa shape index (κ1) is 17.8. The van der Waals surface area contributed by atoms with E-state index in [0.717, 1.165) is 7.11 Å². The van der Waals surface area contributed by atoms with Gasteiger partial charge in [0, 0.05) is 5.56 Å². The summed E-state index contributed by atoms with van der Waals surface area (Å²) in [5.41, 5.74) is -5.71. The molecule has 0 atom stereocenters. The van der Waals surface area contributed by atoms with Crippen LogP contribution in [0.15, 0.2) is 30.3 Å². The topological polar surface area (TPSA) is 78.9 Å². The maximum Gasteiger partial charge on any atom is 0.534 e. The highest BCUT2D eigenvalue weighted by Gasteiger charge is 2.49. The number of carbonyl (C=O) groups excluding carboxylic acids is 1. The lowest BCUT2D eigenvalue weighted by Gasteiger charge is -2.12. The van der Waals surface area contributed by atoms with Gasteiger partial charge in [0.05, 0.1) is 20.3 Å². The number of hydrogen-bond donors (Lipinski definition) is 0. The Morgan fingerprint density at radius 2 is 1.68 bits per heavy atom. The van der Waals surface area contributed by atoms with Gasteiger partial charge in [-0.15, -0.1) is 0 Å². The fourth-order valence-corrected chi connectivity index (χ4v) is 1.72. The van der Waals surface area contributed by atoms with Crippen molar-refractivity contribution in [1.82, 2.24) is 0 Å². The van der Waals surface area contributed by atoms with E-state index in [4.69, 9.17) is 4.74 Å². The van der Waals surface area contributed by atoms with Crippen LogP contribution in [0.3, 0.4) is 0 Å². The summed E-state index contributed by atoms with van der Waals surface area (Å²) >= 11 is 0. The monoisotopic (exact) mass is 340 g/mol. The molecule has 0 bridgehead atoms. The molecule has 6 nitrogen and oxygen atoms in total. The minimum Gasteiger partial charge on any atom is -0.497 e. The molecule has 1 rings (SSSR count). The van der Waals surface area contributed by atoms with Crippen molar-refractivity contribution in [2.24, 2.45) is 0 Å². The van der Waals surface area contributed by atoms with Gasteiger partial charge >= 0.3 is 21.6 Å². The quantitative estimate of drug-likeness (QED) is 0.268. The standard InChI is InChI=1S/C12H11F3O6S/c1-19-9-5-3-8(4-6-9)10(7-11(16)20-2)21-22(17,18)12(13,14)15/h3-7H,1-2H3/b10-7+. The molecule has 0 N–H and O–H groups in total. The highest BCUT2D eigenvalue weighted by molar-refractivity contribution is 7.87. The lowest BCUT2D eigenvalue weighted by molar-refractivity contribution is -0.134. The van der Waals surface area contributed by atoms with Crippen LogP contribution in [0.5, 0.6) is 5.75 Å². The zero-order chi connectivity index (χ0) is 17.0. The maximum atomic E-state index is 12.4. The van der Waals surface area contributed by atoms with E-state index in [1.54, 1.807) is 0 Å². The molecule has 0 amide bonds. The number of carbonyl (C=O) groups is 1. The van der Waals surface area contributed by atoms with E-state index in [0.29, 0.717) is 11.8 Å². The van der Waals surface area contributed by atoms with Crippen molar-refractivity contribution in [2.45, 2.75) is 5.51 Å². The van der Waals surface area contributed by atoms with Gasteiger partial charge in [0.25, 0.3) is 0 Å². The maximum absolute atomic E-state index is 12.4. The molecule has 0 fully saturated rings. The van der Waals surface area contributed by atoms with Crippen LogP contribution < -0.4 is 4.74 Å². The van der Waals surface area contributed by atoms with Crippen molar-refractivity contribution in [2.75, 3.05) is 14.2 Å². The molecule has 0 unspecified atom stereocenters. The fourth-order valence-electron chi connectivity index (χ4n) is 1.24. The van der Waals surface area contributed by atoms with Crippen molar-refractivity contribution in [3.8, 4) is 5.75 Å². The zero-order valence-electron chi connectivity index (χ0n) is 11.4. The van der Waals surface area contributed by atoms with E-state index in [9.17, 15) is 26.4 Å². The third kappa shape index (κ3) is 4.38. The highest BCUT2D eigenvalue weighted by atomic mass is 32.2. The summed E-state index contributed by atoms with van der Waals surface area (Å²) < 4.78 is 72.3. The second-order valence-electron chi connectivity index (χ2n) is 3.74. The predicted octanol–water partition coefficient (Wildman–Crippen LogP) is 2.08. The smallest absolute Gasteiger partial charge is 0.497 e. The van der Waals surface area contributed by atoms with E-state index >= 15 is 0 Å². The third-order valence-electron chi connectivity index (χ3n) is 2.31. The number of halogens is 3. The van der Waals surface area contributed by atoms with Crippen molar-refractivity contribution >= 4 is 21.8 Å². The van der Waals surface area contributed by atoms with E-state index in [1.807, 2.05) is 0 Å². The second-order valence-corrected chi connectivity index (χ2v) is 5.28. The Morgan fingerprint density at radius 3 is 2.09 bits per heavy atom. The van der Waals surface area contributed by atoms with Gasteiger partial charge in [-0.05, 0) is 24.3 Å². The van der Waals surface area contributed by atoms with E-state index in [2.05, 4.69) is 8.92 Å². The van der Waals surface area contributed by atoms with Crippen molar-refractivity contribution in [3.63, 3.8) is 0 Å². The van der Waals surface area contributed by atoms with Gasteiger partial charge < -0.3 is 13.7 Å². The Bertz CT molecular complexity index is 661. The average molecular weight is 340 g/mol. The molecule has 0 aliphatic heterocycles. The van der Waals surface area contributed by atoms with Crippen LogP contribution in [0.1, 0.15) is 5.56 Å². The SMILES string of the molecule is COC(=O)/C=C(/OS(=O)(=O)C(F)(F)F)c1ccc(OC)cc1. The minimum atomic E-state index is -5.92. The summed E-state index contributed by atoms with van der Waals surface area (Å²) in [6.07, 6.45) is 0.491. The lowest BCUT2D eigenvalue weighted by atomic mass is 10.2. The molecule has 0 heterocycles. The van der Waals surface area contributed by atoms with Gasteiger partial charge in [-0.2, -0.15) is 21.6 Å². The normalized spacial score (nSPS) is 12.7. The van der Waals surface area contributed by atoms with E-state index in [1.165, 1.54) is 31.4 Å². The molecule has 1 aromatic carbocycles. The highest BCUT2D eigenvalue weighted by Crippen LogP contribution is 2.30. The van der Waals surface area contributed by atoms with Crippen LogP contribution in [-0.4, -0.2) is 34.1 Å². The van der Waals surface area contributed by atoms with Gasteiger partial charge in [-0.25, -0.2) is 4.79 Å². The predicted molar refractivity (Wildman–Crippen MR) is 69.0 cm³/mol. The van der Waals surface area contributed by atoms with Gasteiger partial charge in [0.2, 0.25) is 0 Å². The average Bonchev–Trinajstić information content (AvgIpc) is 2.45. The molecule has 0 spiro atoms. The molecule has 0 radical (unpaired) electrons. The number of rotatable bonds is 5. The van der Waals surface area contributed by atoms with Crippen LogP contribution >= 0.6 is 0 Å². The zero-order valence-corrected chi connectivity index (χ0v) is 12.2. The summed E-state index contributed by atoms with van der Waals surface area (Å²) in [4.78, 5) is 11.2. The van der Waals surface area contributed by atoms with Crippen molar-refractivity contribution in [3.05, 3.63) is 35.9 Å². The van der Waals surface area contributed by atoms with Crippen LogP contribution in [-0.2, 0) is 23.8 Å². The molecular formula is C12H11F3O6S. The summed E-state index contributed by atoms with van der Waals surface area (Å²) in [5, 5.41) is 0. The molecular weight excluding hydrogens is 329 g/mol. The summed E-state index contributed by atoms with van der Waals surface area (Å²) in [7, 11) is -3.58. The number of benzene rings is 1. The number of esters is 1. The first-order valence-corrected chi connectivity index (χ1v) is 6.96. The molecule has 22 heavy (non-hydrogen) atoms. The molecule has 122 valence electrons. The van der Waals surface area contributed by atoms with Gasteiger partial charge in [0.15, 0.2) is 5.76 Å². The van der Waals surface area contributed by atoms with Crippen molar-refractivity contribution < 1.29 is 40.0 Å². The first-order valence-electron chi connectivity index (χ1n) is 5.55. The molecule has 0 saturated heterocycles. The third-order valence-corrected chi connectivity index (χ3v) is 3.27. The van der Waals surface area contributed by atoms with Crippen LogP contribution in [0.2, 0.25) is 0 Å². The number of alkyl halides is 3. The molecule has 0 aliphatic carbocycles. The van der Waals surface area contributed by atoms with Gasteiger partial charge in [0.1, 0.15) is 5.75 Å². The second kappa shape index (κ2) is 6.69. The van der Waals surface area contributed by atoms with Crippen LogP contribution in [0.25, 0.3) is 5.76 Å². The lowest BCUT2D eigenvalue weighted by Crippen LogP contribution is -2.25. The van der Waals surface area contributed by atoms with Crippen LogP contribution in [0.4, 0.5) is 13.2 Å². The largest absolute Gasteiger partial charge is 0.534 e. The summed E-state index contributed by atoms with van der Waals surface area (Å²) in [6.45, 7) is 0. The Hall–Kier alpha value is -2.23. The van der Waals surface area contributed by atoms with Crippen LogP contribution in [0, 0.1) is 0 Å². The molecule has 0 aromatic heterocycles. The van der Waals surface area contributed by atoms with Crippen molar-refractivity contribution in [1.29, 1.82) is 0 Å². The molecule has 0 aliphatic rings. The minimum absolute atomic E-state index is 0.0842. The Morgan fingerprint density at radius 1 is 1.14 bits per heavy atom. The summed E-state index contributed by atoms with van der Waals surface area (Å²) in [5.74, 6) is -1.53. The Labute approximate surface area is 124 Å². The van der Waals surface area contributed by atoms with Gasteiger partial charge in [-0.1, -0.05) is 0 Å². The molecule has 10 heteroatoms. The molecule has 0 saturated carbocycles. The number of hydrogen-bond acceptors (Lipinski definition) is 6. The Balaban J connectivity index is 3.25. The molecule has 1 aromatic rings. The number of methoxy groups -OCH3 is 2. The first-order chi connectivity index (χ1) is 10.1. The van der Waals surface area contributed by atoms with E-state index in [-0.39, 0.29) is 5.56 Å².